The van der Waals surface area contributed by atoms with Crippen molar-refractivity contribution >= 4 is 11.9 Å². The predicted molar refractivity (Wildman–Crippen MR) is 70.8 cm³/mol. The Bertz CT molecular complexity index is 502. The highest BCUT2D eigenvalue weighted by Gasteiger charge is 2.30. The number of nitrogens with one attached hydrogen (secondary N) is 1. The molecule has 1 amide bonds. The molecule has 0 saturated heterocycles. The number of carboxylic acids is 1. The van der Waals surface area contributed by atoms with Crippen molar-refractivity contribution in [3.63, 3.8) is 0 Å². The van der Waals surface area contributed by atoms with Gasteiger partial charge in [-0.25, -0.2) is 4.79 Å². The molecule has 2 atom stereocenters. The van der Waals surface area contributed by atoms with Gasteiger partial charge in [0.05, 0.1) is 0 Å². The van der Waals surface area contributed by atoms with Crippen LogP contribution in [0.15, 0.2) is 24.3 Å². The van der Waals surface area contributed by atoms with E-state index in [4.69, 9.17) is 14.6 Å². The lowest BCUT2D eigenvalue weighted by atomic mass is 10.1. The molecule has 2 rings (SSSR count). The summed E-state index contributed by atoms with van der Waals surface area (Å²) in [7, 11) is 0. The summed E-state index contributed by atoms with van der Waals surface area (Å²) in [6, 6.07) is 6.15. The van der Waals surface area contributed by atoms with Gasteiger partial charge >= 0.3 is 5.97 Å². The van der Waals surface area contributed by atoms with Crippen molar-refractivity contribution in [2.24, 2.45) is 0 Å². The number of hydrogen-bond acceptors (Lipinski definition) is 4. The molecule has 1 aliphatic heterocycles. The number of fused-ring (bicyclic) bond motifs is 1. The van der Waals surface area contributed by atoms with Gasteiger partial charge in [0, 0.05) is 0 Å². The second-order valence-electron chi connectivity index (χ2n) is 4.55. The van der Waals surface area contributed by atoms with E-state index in [1.54, 1.807) is 18.2 Å². The number of hydrogen-bond donors (Lipinski definition) is 2. The monoisotopic (exact) mass is 279 g/mol. The fourth-order valence-corrected chi connectivity index (χ4v) is 1.96. The van der Waals surface area contributed by atoms with Gasteiger partial charge in [0.15, 0.2) is 11.5 Å². The molecule has 1 aromatic rings. The first-order valence-electron chi connectivity index (χ1n) is 6.53. The second-order valence-corrected chi connectivity index (χ2v) is 4.55. The van der Waals surface area contributed by atoms with Crippen LogP contribution in [-0.4, -0.2) is 35.7 Å². The van der Waals surface area contributed by atoms with Crippen LogP contribution in [0.2, 0.25) is 0 Å². The molecule has 0 saturated carbocycles. The number of aliphatic carboxylic acids is 1. The molecule has 6 nitrogen and oxygen atoms in total. The molecule has 2 N–H and O–H groups in total. The van der Waals surface area contributed by atoms with Crippen LogP contribution in [-0.2, 0) is 9.59 Å². The van der Waals surface area contributed by atoms with Crippen molar-refractivity contribution < 1.29 is 24.2 Å². The fourth-order valence-electron chi connectivity index (χ4n) is 1.96. The van der Waals surface area contributed by atoms with Crippen LogP contribution >= 0.6 is 0 Å². The Balaban J connectivity index is 1.99. The van der Waals surface area contributed by atoms with E-state index in [0.717, 1.165) is 0 Å². The highest BCUT2D eigenvalue weighted by atomic mass is 16.6. The van der Waals surface area contributed by atoms with E-state index >= 15 is 0 Å². The molecule has 6 heteroatoms. The van der Waals surface area contributed by atoms with Gasteiger partial charge in [-0.05, 0) is 18.6 Å². The van der Waals surface area contributed by atoms with Gasteiger partial charge in [-0.2, -0.15) is 0 Å². The third kappa shape index (κ3) is 3.20. The molecule has 0 aromatic heterocycles. The first-order valence-corrected chi connectivity index (χ1v) is 6.53. The Hall–Kier alpha value is -2.24. The van der Waals surface area contributed by atoms with Crippen LogP contribution in [0.4, 0.5) is 0 Å². The zero-order valence-electron chi connectivity index (χ0n) is 11.2. The number of amides is 1. The van der Waals surface area contributed by atoms with E-state index in [0.29, 0.717) is 24.3 Å². The molecule has 0 spiro atoms. The summed E-state index contributed by atoms with van der Waals surface area (Å²) in [4.78, 5) is 23.0. The van der Waals surface area contributed by atoms with Gasteiger partial charge in [-0.3, -0.25) is 4.79 Å². The van der Waals surface area contributed by atoms with E-state index in [1.165, 1.54) is 0 Å². The molecule has 1 aliphatic rings. The molecule has 20 heavy (non-hydrogen) atoms. The van der Waals surface area contributed by atoms with Crippen molar-refractivity contribution in [2.75, 3.05) is 6.61 Å². The van der Waals surface area contributed by atoms with Gasteiger partial charge in [0.25, 0.3) is 5.91 Å². The summed E-state index contributed by atoms with van der Waals surface area (Å²) in [6.07, 6.45) is 0.219. The highest BCUT2D eigenvalue weighted by molar-refractivity contribution is 5.86. The average Bonchev–Trinajstić information content (AvgIpc) is 2.46. The van der Waals surface area contributed by atoms with E-state index in [-0.39, 0.29) is 6.61 Å². The normalized spacial score (nSPS) is 18.1. The smallest absolute Gasteiger partial charge is 0.326 e. The number of carboxylic acid groups (broad SMARTS) is 1. The number of para-hydroxylation sites is 2. The number of benzene rings is 1. The van der Waals surface area contributed by atoms with Crippen molar-refractivity contribution in [1.82, 2.24) is 5.32 Å². The van der Waals surface area contributed by atoms with Crippen molar-refractivity contribution in [2.45, 2.75) is 31.9 Å². The molecule has 1 unspecified atom stereocenters. The fraction of sp³-hybridized carbons (Fsp3) is 0.429. The second kappa shape index (κ2) is 6.27. The Morgan fingerprint density at radius 1 is 1.40 bits per heavy atom. The first kappa shape index (κ1) is 14.2. The topological polar surface area (TPSA) is 84.9 Å². The zero-order chi connectivity index (χ0) is 14.5. The van der Waals surface area contributed by atoms with Crippen LogP contribution < -0.4 is 14.8 Å². The van der Waals surface area contributed by atoms with Gasteiger partial charge < -0.3 is 19.9 Å². The lowest BCUT2D eigenvalue weighted by Crippen LogP contribution is -2.50. The van der Waals surface area contributed by atoms with Gasteiger partial charge in [-0.15, -0.1) is 0 Å². The number of carbonyl (C=O) groups is 2. The lowest BCUT2D eigenvalue weighted by molar-refractivity contribution is -0.143. The Kier molecular flexibility index (Phi) is 4.45. The summed E-state index contributed by atoms with van der Waals surface area (Å²) in [6.45, 7) is 1.93. The van der Waals surface area contributed by atoms with E-state index in [2.05, 4.69) is 5.32 Å². The summed E-state index contributed by atoms with van der Waals surface area (Å²) >= 11 is 0. The minimum absolute atomic E-state index is 0.0707. The largest absolute Gasteiger partial charge is 0.485 e. The van der Waals surface area contributed by atoms with Crippen LogP contribution in [0, 0.1) is 0 Å². The maximum Gasteiger partial charge on any atom is 0.326 e. The predicted octanol–water partition coefficient (Wildman–Crippen LogP) is 1.20. The average molecular weight is 279 g/mol. The molecule has 1 heterocycles. The minimum Gasteiger partial charge on any atom is -0.485 e. The summed E-state index contributed by atoms with van der Waals surface area (Å²) in [5, 5.41) is 11.5. The molecule has 1 aromatic carbocycles. The SMILES string of the molecule is CCC[C@@H](NC(=O)C1COc2ccccc2O1)C(=O)O. The summed E-state index contributed by atoms with van der Waals surface area (Å²) in [5.41, 5.74) is 0. The zero-order valence-corrected chi connectivity index (χ0v) is 11.2. The molecule has 0 aliphatic carbocycles. The maximum absolute atomic E-state index is 12.0. The Labute approximate surface area is 116 Å². The molecular formula is C14H17NO5. The van der Waals surface area contributed by atoms with Crippen molar-refractivity contribution in [3.05, 3.63) is 24.3 Å². The van der Waals surface area contributed by atoms with Gasteiger partial charge in [0.1, 0.15) is 12.6 Å². The van der Waals surface area contributed by atoms with E-state index in [9.17, 15) is 9.59 Å². The quantitative estimate of drug-likeness (QED) is 0.846. The minimum atomic E-state index is -1.04. The molecular weight excluding hydrogens is 262 g/mol. The number of rotatable bonds is 5. The van der Waals surface area contributed by atoms with Crippen molar-refractivity contribution in [1.29, 1.82) is 0 Å². The summed E-state index contributed by atoms with van der Waals surface area (Å²) < 4.78 is 10.9. The number of ether oxygens (including phenoxy) is 2. The molecule has 0 fully saturated rings. The van der Waals surface area contributed by atoms with Crippen LogP contribution in [0.25, 0.3) is 0 Å². The molecule has 0 bridgehead atoms. The summed E-state index contributed by atoms with van der Waals surface area (Å²) in [5.74, 6) is -0.446. The van der Waals surface area contributed by atoms with Crippen molar-refractivity contribution in [3.8, 4) is 11.5 Å². The number of carbonyl (C=O) groups excluding carboxylic acids is 1. The third-order valence-electron chi connectivity index (χ3n) is 2.99. The van der Waals surface area contributed by atoms with Crippen LogP contribution in [0.1, 0.15) is 19.8 Å². The van der Waals surface area contributed by atoms with E-state index in [1.807, 2.05) is 13.0 Å². The molecule has 108 valence electrons. The maximum atomic E-state index is 12.0. The third-order valence-corrected chi connectivity index (χ3v) is 2.99. The molecule has 0 radical (unpaired) electrons. The van der Waals surface area contributed by atoms with Crippen LogP contribution in [0.5, 0.6) is 11.5 Å². The standard InChI is InChI=1S/C14H17NO5/c1-2-5-9(14(17)18)15-13(16)12-8-19-10-6-3-4-7-11(10)20-12/h3-4,6-7,9,12H,2,5,8H2,1H3,(H,15,16)(H,17,18)/t9-,12?/m1/s1. The Morgan fingerprint density at radius 3 is 2.75 bits per heavy atom. The van der Waals surface area contributed by atoms with Gasteiger partial charge in [0.2, 0.25) is 6.10 Å². The van der Waals surface area contributed by atoms with Gasteiger partial charge in [-0.1, -0.05) is 25.5 Å². The van der Waals surface area contributed by atoms with E-state index < -0.39 is 24.0 Å². The highest BCUT2D eigenvalue weighted by Crippen LogP contribution is 2.30. The van der Waals surface area contributed by atoms with Crippen LogP contribution in [0.3, 0.4) is 0 Å². The first-order chi connectivity index (χ1) is 9.61. The lowest BCUT2D eigenvalue weighted by Gasteiger charge is -2.26. The Morgan fingerprint density at radius 2 is 2.10 bits per heavy atom.